The number of nitrogens with one attached hydrogen (secondary N) is 1. The molecule has 1 aliphatic carbocycles. The largest absolute Gasteiger partial charge is 0.340 e. The summed E-state index contributed by atoms with van der Waals surface area (Å²) < 4.78 is 0. The van der Waals surface area contributed by atoms with E-state index in [4.69, 9.17) is 0 Å². The van der Waals surface area contributed by atoms with Gasteiger partial charge in [-0.05, 0) is 44.7 Å². The van der Waals surface area contributed by atoms with Gasteiger partial charge in [-0.15, -0.1) is 12.4 Å². The normalized spacial score (nSPS) is 42.3. The number of amides is 1. The van der Waals surface area contributed by atoms with Crippen LogP contribution in [0.3, 0.4) is 0 Å². The van der Waals surface area contributed by atoms with Crippen LogP contribution in [0.15, 0.2) is 0 Å². The Balaban J connectivity index is 0.000000853. The van der Waals surface area contributed by atoms with Gasteiger partial charge in [0.2, 0.25) is 5.91 Å². The fourth-order valence-electron chi connectivity index (χ4n) is 3.24. The van der Waals surface area contributed by atoms with E-state index in [0.29, 0.717) is 29.7 Å². The van der Waals surface area contributed by atoms with Crippen molar-refractivity contribution < 1.29 is 4.79 Å². The van der Waals surface area contributed by atoms with E-state index in [0.717, 1.165) is 19.6 Å². The summed E-state index contributed by atoms with van der Waals surface area (Å²) in [7, 11) is 0. The van der Waals surface area contributed by atoms with E-state index >= 15 is 0 Å². The van der Waals surface area contributed by atoms with Crippen LogP contribution < -0.4 is 5.32 Å². The Labute approximate surface area is 97.0 Å². The topological polar surface area (TPSA) is 32.3 Å². The van der Waals surface area contributed by atoms with E-state index in [2.05, 4.69) is 17.1 Å². The van der Waals surface area contributed by atoms with Crippen LogP contribution in [0.1, 0.15) is 19.8 Å². The first kappa shape index (κ1) is 11.2. The van der Waals surface area contributed by atoms with Crippen LogP contribution in [0, 0.1) is 17.8 Å². The molecule has 3 aliphatic rings. The smallest absolute Gasteiger partial charge is 0.226 e. The van der Waals surface area contributed by atoms with Crippen LogP contribution in [0.5, 0.6) is 0 Å². The molecule has 2 saturated heterocycles. The third kappa shape index (κ3) is 1.66. The van der Waals surface area contributed by atoms with Crippen LogP contribution >= 0.6 is 12.4 Å². The molecule has 0 aromatic heterocycles. The van der Waals surface area contributed by atoms with Gasteiger partial charge in [-0.2, -0.15) is 0 Å². The van der Waals surface area contributed by atoms with E-state index in [9.17, 15) is 4.79 Å². The second-order valence-corrected chi connectivity index (χ2v) is 5.03. The minimum absolute atomic E-state index is 0. The number of likely N-dealkylation sites (tertiary alicyclic amines) is 1. The molecule has 2 unspecified atom stereocenters. The molecule has 0 spiro atoms. The molecule has 0 aromatic carbocycles. The first-order chi connectivity index (χ1) is 6.79. The van der Waals surface area contributed by atoms with Crippen molar-refractivity contribution in [1.29, 1.82) is 0 Å². The van der Waals surface area contributed by atoms with Crippen molar-refractivity contribution in [2.75, 3.05) is 19.6 Å². The van der Waals surface area contributed by atoms with Gasteiger partial charge in [-0.3, -0.25) is 4.79 Å². The highest BCUT2D eigenvalue weighted by Crippen LogP contribution is 2.50. The molecule has 0 bridgehead atoms. The van der Waals surface area contributed by atoms with Gasteiger partial charge in [0, 0.05) is 18.5 Å². The van der Waals surface area contributed by atoms with Crippen LogP contribution in [-0.4, -0.2) is 36.5 Å². The van der Waals surface area contributed by atoms with Crippen LogP contribution in [-0.2, 0) is 4.79 Å². The predicted molar refractivity (Wildman–Crippen MR) is 61.0 cm³/mol. The fourth-order valence-corrected chi connectivity index (χ4v) is 3.24. The lowest BCUT2D eigenvalue weighted by Gasteiger charge is -2.22. The summed E-state index contributed by atoms with van der Waals surface area (Å²) in [6.45, 7) is 5.33. The zero-order valence-electron chi connectivity index (χ0n) is 9.11. The van der Waals surface area contributed by atoms with E-state index in [1.165, 1.54) is 12.8 Å². The Bertz CT molecular complexity index is 261. The summed E-state index contributed by atoms with van der Waals surface area (Å²) in [6, 6.07) is 0.497. The molecule has 86 valence electrons. The molecule has 1 saturated carbocycles. The molecule has 0 aromatic rings. The Hall–Kier alpha value is -0.280. The maximum atomic E-state index is 12.1. The van der Waals surface area contributed by atoms with E-state index < -0.39 is 0 Å². The average molecular weight is 231 g/mol. The van der Waals surface area contributed by atoms with Gasteiger partial charge in [-0.1, -0.05) is 0 Å². The first-order valence-electron chi connectivity index (χ1n) is 5.80. The van der Waals surface area contributed by atoms with E-state index in [1.54, 1.807) is 0 Å². The zero-order chi connectivity index (χ0) is 9.71. The molecule has 3 rings (SSSR count). The quantitative estimate of drug-likeness (QED) is 0.726. The average Bonchev–Trinajstić information content (AvgIpc) is 2.57. The van der Waals surface area contributed by atoms with Crippen molar-refractivity contribution in [3.63, 3.8) is 0 Å². The maximum Gasteiger partial charge on any atom is 0.226 e. The molecule has 2 heterocycles. The molecular weight excluding hydrogens is 212 g/mol. The van der Waals surface area contributed by atoms with Crippen molar-refractivity contribution >= 4 is 18.3 Å². The van der Waals surface area contributed by atoms with Gasteiger partial charge >= 0.3 is 0 Å². The van der Waals surface area contributed by atoms with Gasteiger partial charge < -0.3 is 10.2 Å². The van der Waals surface area contributed by atoms with Gasteiger partial charge in [0.05, 0.1) is 0 Å². The molecular formula is C11H19ClN2O. The molecule has 15 heavy (non-hydrogen) atoms. The molecule has 3 atom stereocenters. The number of carbonyl (C=O) groups excluding carboxylic acids is 1. The van der Waals surface area contributed by atoms with Crippen molar-refractivity contribution in [3.05, 3.63) is 0 Å². The molecule has 1 amide bonds. The highest BCUT2D eigenvalue weighted by atomic mass is 35.5. The van der Waals surface area contributed by atoms with Gasteiger partial charge in [-0.25, -0.2) is 0 Å². The highest BCUT2D eigenvalue weighted by molar-refractivity contribution is 5.85. The summed E-state index contributed by atoms with van der Waals surface area (Å²) in [5.74, 6) is 2.19. The highest BCUT2D eigenvalue weighted by Gasteiger charge is 2.58. The molecule has 4 heteroatoms. The van der Waals surface area contributed by atoms with Crippen LogP contribution in [0.25, 0.3) is 0 Å². The lowest BCUT2D eigenvalue weighted by molar-refractivity contribution is -0.133. The van der Waals surface area contributed by atoms with Crippen molar-refractivity contribution in [3.8, 4) is 0 Å². The van der Waals surface area contributed by atoms with Crippen molar-refractivity contribution in [2.24, 2.45) is 17.8 Å². The third-order valence-corrected chi connectivity index (χ3v) is 4.21. The number of carbonyl (C=O) groups is 1. The number of fused-ring (bicyclic) bond motifs is 1. The second kappa shape index (κ2) is 3.95. The number of nitrogens with zero attached hydrogens (tertiary/aromatic N) is 1. The maximum absolute atomic E-state index is 12.1. The Kier molecular flexibility index (Phi) is 2.95. The molecule has 0 radical (unpaired) electrons. The number of hydrogen-bond donors (Lipinski definition) is 1. The molecule has 1 N–H and O–H groups in total. The van der Waals surface area contributed by atoms with E-state index in [1.807, 2.05) is 0 Å². The predicted octanol–water partition coefficient (Wildman–Crippen LogP) is 0.884. The van der Waals surface area contributed by atoms with E-state index in [-0.39, 0.29) is 12.4 Å². The minimum Gasteiger partial charge on any atom is -0.340 e. The van der Waals surface area contributed by atoms with Crippen LogP contribution in [0.4, 0.5) is 0 Å². The Morgan fingerprint density at radius 3 is 2.53 bits per heavy atom. The van der Waals surface area contributed by atoms with Gasteiger partial charge in [0.15, 0.2) is 0 Å². The Morgan fingerprint density at radius 2 is 2.00 bits per heavy atom. The SMILES string of the molecule is C[C@@H]1CCCN1C(=O)C1C2CNCC21.Cl. The second-order valence-electron chi connectivity index (χ2n) is 5.03. The summed E-state index contributed by atoms with van der Waals surface area (Å²) in [5, 5.41) is 3.34. The molecule has 2 aliphatic heterocycles. The number of piperidine rings is 1. The summed E-state index contributed by atoms with van der Waals surface area (Å²) >= 11 is 0. The zero-order valence-corrected chi connectivity index (χ0v) is 9.93. The molecule has 3 nitrogen and oxygen atoms in total. The number of halogens is 1. The standard InChI is InChI=1S/C11H18N2O.ClH/c1-7-3-2-4-13(7)11(14)10-8-5-12-6-9(8)10;/h7-10,12H,2-6H2,1H3;1H/t7-,8?,9?,10?;/m1./s1. The Morgan fingerprint density at radius 1 is 1.33 bits per heavy atom. The summed E-state index contributed by atoms with van der Waals surface area (Å²) in [6.07, 6.45) is 2.40. The lowest BCUT2D eigenvalue weighted by Crippen LogP contribution is -2.37. The summed E-state index contributed by atoms with van der Waals surface area (Å²) in [5.41, 5.74) is 0. The fraction of sp³-hybridized carbons (Fsp3) is 0.909. The molecule has 3 fully saturated rings. The number of hydrogen-bond acceptors (Lipinski definition) is 2. The van der Waals surface area contributed by atoms with Crippen LogP contribution in [0.2, 0.25) is 0 Å². The lowest BCUT2D eigenvalue weighted by atomic mass is 10.2. The van der Waals surface area contributed by atoms with Crippen molar-refractivity contribution in [2.45, 2.75) is 25.8 Å². The van der Waals surface area contributed by atoms with Gasteiger partial charge in [0.1, 0.15) is 0 Å². The third-order valence-electron chi connectivity index (χ3n) is 4.21. The minimum atomic E-state index is 0. The van der Waals surface area contributed by atoms with Gasteiger partial charge in [0.25, 0.3) is 0 Å². The monoisotopic (exact) mass is 230 g/mol. The van der Waals surface area contributed by atoms with Crippen molar-refractivity contribution in [1.82, 2.24) is 10.2 Å². The number of rotatable bonds is 1. The summed E-state index contributed by atoms with van der Waals surface area (Å²) in [4.78, 5) is 14.2. The first-order valence-corrected chi connectivity index (χ1v) is 5.80.